The van der Waals surface area contributed by atoms with E-state index in [1.54, 1.807) is 0 Å². The summed E-state index contributed by atoms with van der Waals surface area (Å²) in [6.45, 7) is 0. The number of amides is 2. The topological polar surface area (TPSA) is 212 Å². The van der Waals surface area contributed by atoms with E-state index in [1.165, 1.54) is 12.0 Å². The summed E-state index contributed by atoms with van der Waals surface area (Å²) in [6.07, 6.45) is 0.804. The monoisotopic (exact) mass is 497 g/mol. The number of aromatic nitrogens is 4. The van der Waals surface area contributed by atoms with Crippen molar-refractivity contribution in [3.8, 4) is 0 Å². The summed E-state index contributed by atoms with van der Waals surface area (Å²) in [5.74, 6) is -2.59. The highest BCUT2D eigenvalue weighted by molar-refractivity contribution is 8.04. The van der Waals surface area contributed by atoms with E-state index in [0.29, 0.717) is 22.1 Å². The van der Waals surface area contributed by atoms with E-state index < -0.39 is 29.9 Å². The van der Waals surface area contributed by atoms with Gasteiger partial charge in [0.05, 0.1) is 6.04 Å². The summed E-state index contributed by atoms with van der Waals surface area (Å²) in [7, 11) is 1.25. The lowest BCUT2D eigenvalue weighted by Crippen LogP contribution is -2.72. The highest BCUT2D eigenvalue weighted by Gasteiger charge is 2.54. The first-order valence-electron chi connectivity index (χ1n) is 8.88. The number of anilines is 2. The van der Waals surface area contributed by atoms with E-state index in [0.717, 1.165) is 34.6 Å². The molecule has 2 aromatic heterocycles. The van der Waals surface area contributed by atoms with E-state index in [2.05, 4.69) is 34.9 Å². The van der Waals surface area contributed by atoms with Gasteiger partial charge in [0.25, 0.3) is 11.8 Å². The zero-order valence-electron chi connectivity index (χ0n) is 16.2. The van der Waals surface area contributed by atoms with Gasteiger partial charge in [-0.3, -0.25) is 14.5 Å². The molecule has 2 unspecified atom stereocenters. The van der Waals surface area contributed by atoms with E-state index in [-0.39, 0.29) is 27.5 Å². The number of aliphatic carboxylic acids is 1. The average molecular weight is 498 g/mol. The minimum absolute atomic E-state index is 0.0414. The van der Waals surface area contributed by atoms with Crippen LogP contribution < -0.4 is 16.8 Å². The van der Waals surface area contributed by atoms with Gasteiger partial charge in [0.1, 0.15) is 18.8 Å². The molecule has 0 aliphatic carbocycles. The van der Waals surface area contributed by atoms with Gasteiger partial charge in [0.15, 0.2) is 9.47 Å². The summed E-state index contributed by atoms with van der Waals surface area (Å²) in [5.41, 5.74) is 10.7. The van der Waals surface area contributed by atoms with Gasteiger partial charge in [-0.2, -0.15) is 9.36 Å². The molecule has 4 rings (SSSR count). The van der Waals surface area contributed by atoms with Crippen molar-refractivity contribution < 1.29 is 24.3 Å². The number of rotatable bonds is 7. The number of thioether (sulfide) groups is 1. The Labute approximate surface area is 191 Å². The standard InChI is InChI=1S/C15H15N9O5S3/c1-29-22-7(9-19-13(16)32-23-9)10(25)18-6-4-2-3-5(30-15-21-20-14(17)31-15)8(12(27)28)24(4)11(6)26/h4,6H,2-3H2,1H3,(H2,17,20)(H,18,25)(H,27,28)(H2,16,19,23). The number of carbonyl (C=O) groups is 3. The molecule has 1 saturated heterocycles. The Bertz CT molecular complexity index is 1160. The maximum atomic E-state index is 12.8. The number of allylic oxidation sites excluding steroid dienone is 1. The number of nitrogen functional groups attached to an aromatic ring is 2. The molecule has 2 aliphatic rings. The van der Waals surface area contributed by atoms with Gasteiger partial charge in [-0.1, -0.05) is 28.3 Å². The van der Waals surface area contributed by atoms with Crippen LogP contribution in [0.3, 0.4) is 0 Å². The Morgan fingerprint density at radius 2 is 2.12 bits per heavy atom. The molecule has 6 N–H and O–H groups in total. The molecule has 2 aromatic rings. The van der Waals surface area contributed by atoms with E-state index in [1.807, 2.05) is 0 Å². The van der Waals surface area contributed by atoms with Gasteiger partial charge >= 0.3 is 5.97 Å². The second-order valence-corrected chi connectivity index (χ2v) is 9.56. The SMILES string of the molecule is CON=C(C(=O)NC1C(=O)N2C(C(=O)O)=C(Sc3nnc(N)s3)CCC12)c1nsc(N)n1. The Kier molecular flexibility index (Phi) is 5.94. The molecule has 168 valence electrons. The molecular weight excluding hydrogens is 482 g/mol. The number of hydrogen-bond acceptors (Lipinski definition) is 14. The highest BCUT2D eigenvalue weighted by Crippen LogP contribution is 2.43. The number of nitrogens with zero attached hydrogens (tertiary/aromatic N) is 6. The summed E-state index contributed by atoms with van der Waals surface area (Å²) < 4.78 is 4.40. The lowest BCUT2D eigenvalue weighted by atomic mass is 9.86. The fourth-order valence-corrected chi connectivity index (χ4v) is 5.61. The lowest BCUT2D eigenvalue weighted by molar-refractivity contribution is -0.155. The number of nitrogens with two attached hydrogens (primary N) is 2. The summed E-state index contributed by atoms with van der Waals surface area (Å²) in [6, 6.07) is -1.46. The molecular formula is C15H15N9O5S3. The molecule has 0 bridgehead atoms. The predicted molar refractivity (Wildman–Crippen MR) is 115 cm³/mol. The molecule has 2 atom stereocenters. The fourth-order valence-electron chi connectivity index (χ4n) is 3.31. The van der Waals surface area contributed by atoms with Crippen molar-refractivity contribution in [2.75, 3.05) is 18.6 Å². The van der Waals surface area contributed by atoms with Crippen molar-refractivity contribution in [3.63, 3.8) is 0 Å². The number of carboxylic acids is 1. The molecule has 17 heteroatoms. The second kappa shape index (κ2) is 8.67. The van der Waals surface area contributed by atoms with Crippen LogP contribution in [-0.4, -0.2) is 72.3 Å². The van der Waals surface area contributed by atoms with Crippen LogP contribution in [0.5, 0.6) is 0 Å². The Balaban J connectivity index is 1.53. The number of oxime groups is 1. The van der Waals surface area contributed by atoms with Gasteiger partial charge in [0.2, 0.25) is 16.7 Å². The van der Waals surface area contributed by atoms with Crippen LogP contribution in [0, 0.1) is 0 Å². The third-order valence-electron chi connectivity index (χ3n) is 4.57. The van der Waals surface area contributed by atoms with Crippen LogP contribution in [-0.2, 0) is 19.2 Å². The first kappa shape index (κ1) is 21.9. The number of hydrogen-bond donors (Lipinski definition) is 4. The van der Waals surface area contributed by atoms with Crippen LogP contribution in [0.25, 0.3) is 0 Å². The number of nitrogens with one attached hydrogen (secondary N) is 1. The van der Waals surface area contributed by atoms with Crippen molar-refractivity contribution >= 4 is 68.4 Å². The zero-order valence-corrected chi connectivity index (χ0v) is 18.7. The van der Waals surface area contributed by atoms with Crippen LogP contribution in [0.15, 0.2) is 20.1 Å². The minimum Gasteiger partial charge on any atom is -0.477 e. The van der Waals surface area contributed by atoms with Gasteiger partial charge < -0.3 is 26.7 Å². The molecule has 0 saturated carbocycles. The van der Waals surface area contributed by atoms with E-state index in [4.69, 9.17) is 11.5 Å². The first-order valence-corrected chi connectivity index (χ1v) is 11.3. The maximum Gasteiger partial charge on any atom is 0.353 e. The Morgan fingerprint density at radius 3 is 2.72 bits per heavy atom. The van der Waals surface area contributed by atoms with Crippen molar-refractivity contribution in [2.24, 2.45) is 5.16 Å². The minimum atomic E-state index is -1.25. The van der Waals surface area contributed by atoms with Crippen LogP contribution in [0.2, 0.25) is 0 Å². The molecule has 32 heavy (non-hydrogen) atoms. The fraction of sp³-hybridized carbons (Fsp3) is 0.333. The van der Waals surface area contributed by atoms with Crippen molar-refractivity contribution in [2.45, 2.75) is 29.3 Å². The number of fused-ring (bicyclic) bond motifs is 1. The molecule has 0 spiro atoms. The Hall–Kier alpha value is -3.31. The summed E-state index contributed by atoms with van der Waals surface area (Å²) >= 11 is 3.10. The smallest absolute Gasteiger partial charge is 0.353 e. The second-order valence-electron chi connectivity index (χ2n) is 6.43. The molecule has 2 amide bonds. The molecule has 2 aliphatic heterocycles. The first-order chi connectivity index (χ1) is 15.3. The third-order valence-corrected chi connectivity index (χ3v) is 7.05. The number of carbonyl (C=O) groups excluding carboxylic acids is 2. The molecule has 1 fully saturated rings. The number of β-lactam (4-membered cyclic amide) rings is 1. The third kappa shape index (κ3) is 3.96. The van der Waals surface area contributed by atoms with Gasteiger partial charge in [-0.25, -0.2) is 4.79 Å². The Morgan fingerprint density at radius 1 is 1.34 bits per heavy atom. The zero-order chi connectivity index (χ0) is 23.0. The molecule has 0 aromatic carbocycles. The summed E-state index contributed by atoms with van der Waals surface area (Å²) in [4.78, 5) is 47.7. The van der Waals surface area contributed by atoms with Crippen molar-refractivity contribution in [1.29, 1.82) is 0 Å². The van der Waals surface area contributed by atoms with Crippen LogP contribution in [0.1, 0.15) is 18.7 Å². The maximum absolute atomic E-state index is 12.8. The van der Waals surface area contributed by atoms with Crippen molar-refractivity contribution in [3.05, 3.63) is 16.4 Å². The lowest BCUT2D eigenvalue weighted by Gasteiger charge is -2.49. The predicted octanol–water partition coefficient (Wildman–Crippen LogP) is -0.518. The van der Waals surface area contributed by atoms with E-state index >= 15 is 0 Å². The number of carboxylic acid groups (broad SMARTS) is 1. The van der Waals surface area contributed by atoms with Crippen LogP contribution in [0.4, 0.5) is 10.3 Å². The van der Waals surface area contributed by atoms with Crippen molar-refractivity contribution in [1.82, 2.24) is 29.8 Å². The van der Waals surface area contributed by atoms with Crippen LogP contribution >= 0.6 is 34.6 Å². The molecule has 14 nitrogen and oxygen atoms in total. The largest absolute Gasteiger partial charge is 0.477 e. The quantitative estimate of drug-likeness (QED) is 0.216. The normalized spacial score (nSPS) is 20.6. The van der Waals surface area contributed by atoms with E-state index in [9.17, 15) is 19.5 Å². The average Bonchev–Trinajstić information content (AvgIpc) is 3.37. The molecule has 0 radical (unpaired) electrons. The highest BCUT2D eigenvalue weighted by atomic mass is 32.2. The molecule has 4 heterocycles. The summed E-state index contributed by atoms with van der Waals surface area (Å²) in [5, 5.41) is 23.9. The van der Waals surface area contributed by atoms with Gasteiger partial charge in [-0.15, -0.1) is 10.2 Å². The van der Waals surface area contributed by atoms with Gasteiger partial charge in [0, 0.05) is 16.4 Å². The van der Waals surface area contributed by atoms with Gasteiger partial charge in [-0.05, 0) is 12.8 Å².